The fourth-order valence-corrected chi connectivity index (χ4v) is 3.19. The van der Waals surface area contributed by atoms with Gasteiger partial charge < -0.3 is 0 Å². The SMILES string of the molecule is Fc1ccc(Cc2nc(-c3cccc(Br)c3)cs2)cc1. The molecule has 0 unspecified atom stereocenters. The highest BCUT2D eigenvalue weighted by atomic mass is 79.9. The molecule has 0 fully saturated rings. The number of hydrogen-bond donors (Lipinski definition) is 0. The van der Waals surface area contributed by atoms with E-state index in [9.17, 15) is 4.39 Å². The molecule has 20 heavy (non-hydrogen) atoms. The van der Waals surface area contributed by atoms with E-state index in [0.717, 1.165) is 32.7 Å². The lowest BCUT2D eigenvalue weighted by molar-refractivity contribution is 0.627. The molecule has 4 heteroatoms. The molecule has 0 bridgehead atoms. The third-order valence-electron chi connectivity index (χ3n) is 2.94. The smallest absolute Gasteiger partial charge is 0.123 e. The van der Waals surface area contributed by atoms with Crippen LogP contribution < -0.4 is 0 Å². The van der Waals surface area contributed by atoms with Crippen molar-refractivity contribution in [2.75, 3.05) is 0 Å². The van der Waals surface area contributed by atoms with Gasteiger partial charge in [0.25, 0.3) is 0 Å². The summed E-state index contributed by atoms with van der Waals surface area (Å²) in [4.78, 5) is 4.64. The normalized spacial score (nSPS) is 10.7. The first-order valence-electron chi connectivity index (χ1n) is 6.15. The van der Waals surface area contributed by atoms with Crippen molar-refractivity contribution in [2.24, 2.45) is 0 Å². The minimum absolute atomic E-state index is 0.206. The van der Waals surface area contributed by atoms with Gasteiger partial charge in [-0.15, -0.1) is 11.3 Å². The van der Waals surface area contributed by atoms with Gasteiger partial charge in [-0.25, -0.2) is 9.37 Å². The zero-order valence-electron chi connectivity index (χ0n) is 10.5. The van der Waals surface area contributed by atoms with E-state index >= 15 is 0 Å². The fraction of sp³-hybridized carbons (Fsp3) is 0.0625. The molecule has 1 heterocycles. The van der Waals surface area contributed by atoms with Gasteiger partial charge in [0.2, 0.25) is 0 Å². The average Bonchev–Trinajstić information content (AvgIpc) is 2.90. The van der Waals surface area contributed by atoms with Crippen molar-refractivity contribution in [3.05, 3.63) is 74.8 Å². The van der Waals surface area contributed by atoms with Crippen molar-refractivity contribution in [1.29, 1.82) is 0 Å². The van der Waals surface area contributed by atoms with E-state index in [4.69, 9.17) is 0 Å². The van der Waals surface area contributed by atoms with Crippen LogP contribution in [0.4, 0.5) is 4.39 Å². The Bertz CT molecular complexity index is 721. The van der Waals surface area contributed by atoms with Crippen LogP contribution in [0.25, 0.3) is 11.3 Å². The first-order chi connectivity index (χ1) is 9.70. The number of hydrogen-bond acceptors (Lipinski definition) is 2. The molecule has 0 amide bonds. The van der Waals surface area contributed by atoms with Crippen molar-refractivity contribution in [1.82, 2.24) is 4.98 Å². The van der Waals surface area contributed by atoms with E-state index in [1.807, 2.05) is 18.2 Å². The summed E-state index contributed by atoms with van der Waals surface area (Å²) in [5.41, 5.74) is 3.15. The molecule has 0 N–H and O–H groups in total. The maximum atomic E-state index is 12.9. The zero-order valence-corrected chi connectivity index (χ0v) is 12.9. The third kappa shape index (κ3) is 3.14. The van der Waals surface area contributed by atoms with Crippen molar-refractivity contribution in [3.8, 4) is 11.3 Å². The van der Waals surface area contributed by atoms with Crippen LogP contribution in [-0.2, 0) is 6.42 Å². The molecule has 100 valence electrons. The van der Waals surface area contributed by atoms with Crippen LogP contribution in [0.5, 0.6) is 0 Å². The largest absolute Gasteiger partial charge is 0.241 e. The summed E-state index contributed by atoms with van der Waals surface area (Å²) in [5, 5.41) is 3.09. The number of thiazole rings is 1. The molecule has 1 aromatic heterocycles. The molecule has 0 aliphatic heterocycles. The first-order valence-corrected chi connectivity index (χ1v) is 7.83. The number of aromatic nitrogens is 1. The zero-order chi connectivity index (χ0) is 13.9. The summed E-state index contributed by atoms with van der Waals surface area (Å²) in [6, 6.07) is 14.7. The molecule has 0 saturated heterocycles. The highest BCUT2D eigenvalue weighted by Gasteiger charge is 2.06. The van der Waals surface area contributed by atoms with Crippen LogP contribution in [0, 0.1) is 5.82 Å². The van der Waals surface area contributed by atoms with Gasteiger partial charge in [0.1, 0.15) is 5.82 Å². The number of benzene rings is 2. The highest BCUT2D eigenvalue weighted by Crippen LogP contribution is 2.25. The van der Waals surface area contributed by atoms with Crippen molar-refractivity contribution >= 4 is 27.3 Å². The summed E-state index contributed by atoms with van der Waals surface area (Å²) < 4.78 is 13.9. The predicted octanol–water partition coefficient (Wildman–Crippen LogP) is 5.30. The molecule has 0 spiro atoms. The van der Waals surface area contributed by atoms with Gasteiger partial charge in [-0.3, -0.25) is 0 Å². The minimum Gasteiger partial charge on any atom is -0.241 e. The fourth-order valence-electron chi connectivity index (χ4n) is 1.95. The summed E-state index contributed by atoms with van der Waals surface area (Å²) in [7, 11) is 0. The van der Waals surface area contributed by atoms with E-state index in [0.29, 0.717) is 0 Å². The summed E-state index contributed by atoms with van der Waals surface area (Å²) in [6.45, 7) is 0. The highest BCUT2D eigenvalue weighted by molar-refractivity contribution is 9.10. The molecule has 0 aliphatic carbocycles. The van der Waals surface area contributed by atoms with E-state index in [-0.39, 0.29) is 5.82 Å². The van der Waals surface area contributed by atoms with Crippen molar-refractivity contribution in [3.63, 3.8) is 0 Å². The van der Waals surface area contributed by atoms with Crippen LogP contribution in [-0.4, -0.2) is 4.98 Å². The second kappa shape index (κ2) is 5.85. The van der Waals surface area contributed by atoms with E-state index in [1.54, 1.807) is 23.5 Å². The molecule has 0 saturated carbocycles. The van der Waals surface area contributed by atoms with Gasteiger partial charge in [0.15, 0.2) is 0 Å². The lowest BCUT2D eigenvalue weighted by Gasteiger charge is -1.98. The second-order valence-corrected chi connectivity index (χ2v) is 6.30. The average molecular weight is 348 g/mol. The monoisotopic (exact) mass is 347 g/mol. The Morgan fingerprint density at radius 1 is 1.10 bits per heavy atom. The predicted molar refractivity (Wildman–Crippen MR) is 84.5 cm³/mol. The standard InChI is InChI=1S/C16H11BrFNS/c17-13-3-1-2-12(9-13)15-10-20-16(19-15)8-11-4-6-14(18)7-5-11/h1-7,9-10H,8H2. The molecule has 0 atom stereocenters. The molecular weight excluding hydrogens is 337 g/mol. The maximum Gasteiger partial charge on any atom is 0.123 e. The summed E-state index contributed by atoms with van der Waals surface area (Å²) >= 11 is 5.10. The van der Waals surface area contributed by atoms with Crippen LogP contribution in [0.2, 0.25) is 0 Å². The van der Waals surface area contributed by atoms with Gasteiger partial charge in [-0.05, 0) is 29.8 Å². The minimum atomic E-state index is -0.206. The quantitative estimate of drug-likeness (QED) is 0.626. The van der Waals surface area contributed by atoms with E-state index in [1.165, 1.54) is 12.1 Å². The summed E-state index contributed by atoms with van der Waals surface area (Å²) in [5.74, 6) is -0.206. The lowest BCUT2D eigenvalue weighted by atomic mass is 10.1. The summed E-state index contributed by atoms with van der Waals surface area (Å²) in [6.07, 6.45) is 0.735. The Balaban J connectivity index is 1.82. The van der Waals surface area contributed by atoms with Gasteiger partial charge in [0.05, 0.1) is 10.7 Å². The topological polar surface area (TPSA) is 12.9 Å². The Morgan fingerprint density at radius 2 is 1.90 bits per heavy atom. The molecule has 1 nitrogen and oxygen atoms in total. The van der Waals surface area contributed by atoms with Gasteiger partial charge in [-0.1, -0.05) is 40.2 Å². The third-order valence-corrected chi connectivity index (χ3v) is 4.28. The Morgan fingerprint density at radius 3 is 2.65 bits per heavy atom. The van der Waals surface area contributed by atoms with Crippen molar-refractivity contribution in [2.45, 2.75) is 6.42 Å². The van der Waals surface area contributed by atoms with Gasteiger partial charge >= 0.3 is 0 Å². The van der Waals surface area contributed by atoms with Gasteiger partial charge in [0, 0.05) is 21.8 Å². The van der Waals surface area contributed by atoms with Crippen LogP contribution in [0.3, 0.4) is 0 Å². The Labute approximate surface area is 129 Å². The van der Waals surface area contributed by atoms with Crippen LogP contribution in [0.15, 0.2) is 58.4 Å². The lowest BCUT2D eigenvalue weighted by Crippen LogP contribution is -1.88. The molecular formula is C16H11BrFNS. The molecule has 2 aromatic carbocycles. The first kappa shape index (κ1) is 13.5. The Hall–Kier alpha value is -1.52. The molecule has 0 aliphatic rings. The van der Waals surface area contributed by atoms with E-state index in [2.05, 4.69) is 32.4 Å². The second-order valence-electron chi connectivity index (χ2n) is 4.44. The van der Waals surface area contributed by atoms with Crippen LogP contribution >= 0.6 is 27.3 Å². The molecule has 0 radical (unpaired) electrons. The van der Waals surface area contributed by atoms with Crippen molar-refractivity contribution < 1.29 is 4.39 Å². The number of halogens is 2. The Kier molecular flexibility index (Phi) is 3.94. The van der Waals surface area contributed by atoms with E-state index < -0.39 is 0 Å². The number of rotatable bonds is 3. The van der Waals surface area contributed by atoms with Gasteiger partial charge in [-0.2, -0.15) is 0 Å². The molecule has 3 rings (SSSR count). The van der Waals surface area contributed by atoms with Crippen LogP contribution in [0.1, 0.15) is 10.6 Å². The molecule has 3 aromatic rings. The maximum absolute atomic E-state index is 12.9. The number of nitrogens with zero attached hydrogens (tertiary/aromatic N) is 1.